The van der Waals surface area contributed by atoms with Gasteiger partial charge in [0.05, 0.1) is 6.54 Å². The van der Waals surface area contributed by atoms with Gasteiger partial charge in [0, 0.05) is 44.7 Å². The van der Waals surface area contributed by atoms with Gasteiger partial charge in [0.25, 0.3) is 0 Å². The SMILES string of the molecule is CN=C(NCC1(SC)CCOCC1)N(C)Cc1ccon1.I. The van der Waals surface area contributed by atoms with Crippen LogP contribution in [0, 0.1) is 0 Å². The van der Waals surface area contributed by atoms with Crippen molar-refractivity contribution in [3.05, 3.63) is 18.0 Å². The zero-order chi connectivity index (χ0) is 15.1. The van der Waals surface area contributed by atoms with E-state index in [4.69, 9.17) is 9.26 Å². The highest BCUT2D eigenvalue weighted by molar-refractivity contribution is 14.0. The normalized spacial score (nSPS) is 17.7. The first-order valence-electron chi connectivity index (χ1n) is 7.13. The lowest BCUT2D eigenvalue weighted by Crippen LogP contribution is -2.48. The van der Waals surface area contributed by atoms with Gasteiger partial charge in [-0.25, -0.2) is 0 Å². The van der Waals surface area contributed by atoms with Gasteiger partial charge in [-0.2, -0.15) is 11.8 Å². The molecule has 22 heavy (non-hydrogen) atoms. The van der Waals surface area contributed by atoms with Crippen molar-refractivity contribution in [1.82, 2.24) is 15.4 Å². The largest absolute Gasteiger partial charge is 0.381 e. The molecule has 0 bridgehead atoms. The number of aromatic nitrogens is 1. The fourth-order valence-electron chi connectivity index (χ4n) is 2.46. The van der Waals surface area contributed by atoms with Crippen molar-refractivity contribution in [2.45, 2.75) is 24.1 Å². The van der Waals surface area contributed by atoms with Crippen molar-refractivity contribution < 1.29 is 9.26 Å². The summed E-state index contributed by atoms with van der Waals surface area (Å²) in [6, 6.07) is 1.87. The average Bonchev–Trinajstić information content (AvgIpc) is 3.01. The molecule has 0 saturated carbocycles. The Morgan fingerprint density at radius 3 is 2.77 bits per heavy atom. The molecule has 1 aliphatic heterocycles. The summed E-state index contributed by atoms with van der Waals surface area (Å²) in [5.41, 5.74) is 0.895. The van der Waals surface area contributed by atoms with Crippen LogP contribution in [0.2, 0.25) is 0 Å². The number of aliphatic imine (C=N–C) groups is 1. The van der Waals surface area contributed by atoms with Gasteiger partial charge in [0.15, 0.2) is 5.96 Å². The third-order valence-electron chi connectivity index (χ3n) is 3.87. The highest BCUT2D eigenvalue weighted by Crippen LogP contribution is 2.32. The molecular formula is C14H25IN4O2S. The Morgan fingerprint density at radius 2 is 2.23 bits per heavy atom. The van der Waals surface area contributed by atoms with Crippen molar-refractivity contribution in [1.29, 1.82) is 0 Å². The number of hydrogen-bond acceptors (Lipinski definition) is 5. The average molecular weight is 440 g/mol. The van der Waals surface area contributed by atoms with Crippen molar-refractivity contribution >= 4 is 41.7 Å². The van der Waals surface area contributed by atoms with E-state index in [2.05, 4.69) is 21.7 Å². The highest BCUT2D eigenvalue weighted by atomic mass is 127. The van der Waals surface area contributed by atoms with Crippen molar-refractivity contribution in [3.63, 3.8) is 0 Å². The van der Waals surface area contributed by atoms with E-state index in [1.165, 1.54) is 0 Å². The Balaban J connectivity index is 0.00000242. The van der Waals surface area contributed by atoms with Crippen LogP contribution in [0.4, 0.5) is 0 Å². The number of rotatable bonds is 5. The number of nitrogens with zero attached hydrogens (tertiary/aromatic N) is 3. The minimum absolute atomic E-state index is 0. The molecule has 0 radical (unpaired) electrons. The van der Waals surface area contributed by atoms with Crippen molar-refractivity contribution in [2.24, 2.45) is 4.99 Å². The summed E-state index contributed by atoms with van der Waals surface area (Å²) in [6.45, 7) is 3.25. The third-order valence-corrected chi connectivity index (χ3v) is 5.29. The lowest BCUT2D eigenvalue weighted by Gasteiger charge is -2.36. The van der Waals surface area contributed by atoms with Gasteiger partial charge in [-0.1, -0.05) is 5.16 Å². The van der Waals surface area contributed by atoms with Crippen LogP contribution in [-0.4, -0.2) is 60.9 Å². The number of nitrogens with one attached hydrogen (secondary N) is 1. The Hall–Kier alpha value is -0.480. The van der Waals surface area contributed by atoms with Crippen LogP contribution in [0.5, 0.6) is 0 Å². The summed E-state index contributed by atoms with van der Waals surface area (Å²) in [6.07, 6.45) is 5.91. The molecule has 6 nitrogen and oxygen atoms in total. The van der Waals surface area contributed by atoms with Crippen LogP contribution in [0.3, 0.4) is 0 Å². The van der Waals surface area contributed by atoms with E-state index in [9.17, 15) is 0 Å². The first-order chi connectivity index (χ1) is 10.2. The predicted molar refractivity (Wildman–Crippen MR) is 101 cm³/mol. The second kappa shape index (κ2) is 9.61. The third kappa shape index (κ3) is 5.31. The van der Waals surface area contributed by atoms with Crippen molar-refractivity contribution in [2.75, 3.05) is 40.1 Å². The lowest BCUT2D eigenvalue weighted by atomic mass is 9.99. The predicted octanol–water partition coefficient (Wildman–Crippen LogP) is 2.21. The standard InChI is InChI=1S/C14H24N4O2S.HI/c1-15-13(18(2)10-12-4-7-20-17-12)16-11-14(21-3)5-8-19-9-6-14;/h4,7H,5-6,8-11H2,1-3H3,(H,15,16);1H. The quantitative estimate of drug-likeness (QED) is 0.431. The zero-order valence-corrected chi connectivity index (χ0v) is 16.5. The Kier molecular flexibility index (Phi) is 8.55. The monoisotopic (exact) mass is 440 g/mol. The molecular weight excluding hydrogens is 415 g/mol. The minimum Gasteiger partial charge on any atom is -0.381 e. The molecule has 2 heterocycles. The summed E-state index contributed by atoms with van der Waals surface area (Å²) >= 11 is 1.92. The summed E-state index contributed by atoms with van der Waals surface area (Å²) in [4.78, 5) is 6.40. The molecule has 126 valence electrons. The number of thioether (sulfide) groups is 1. The molecule has 1 N–H and O–H groups in total. The first kappa shape index (κ1) is 19.6. The van der Waals surface area contributed by atoms with Gasteiger partial charge in [-0.3, -0.25) is 4.99 Å². The smallest absolute Gasteiger partial charge is 0.193 e. The van der Waals surface area contributed by atoms with Crippen LogP contribution in [0.15, 0.2) is 21.8 Å². The molecule has 0 unspecified atom stereocenters. The molecule has 0 atom stereocenters. The molecule has 1 saturated heterocycles. The van der Waals surface area contributed by atoms with E-state index < -0.39 is 0 Å². The van der Waals surface area contributed by atoms with Gasteiger partial charge in [0.1, 0.15) is 12.0 Å². The second-order valence-electron chi connectivity index (χ2n) is 5.25. The van der Waals surface area contributed by atoms with Crippen LogP contribution in [-0.2, 0) is 11.3 Å². The van der Waals surface area contributed by atoms with Gasteiger partial charge in [-0.05, 0) is 19.1 Å². The zero-order valence-electron chi connectivity index (χ0n) is 13.4. The van der Waals surface area contributed by atoms with E-state index in [0.717, 1.165) is 44.3 Å². The van der Waals surface area contributed by atoms with Crippen LogP contribution in [0.25, 0.3) is 0 Å². The molecule has 1 aromatic heterocycles. The number of halogens is 1. The molecule has 0 spiro atoms. The first-order valence-corrected chi connectivity index (χ1v) is 8.35. The van der Waals surface area contributed by atoms with Crippen molar-refractivity contribution in [3.8, 4) is 0 Å². The molecule has 0 amide bonds. The maximum Gasteiger partial charge on any atom is 0.193 e. The number of ether oxygens (including phenoxy) is 1. The van der Waals surface area contributed by atoms with E-state index >= 15 is 0 Å². The van der Waals surface area contributed by atoms with Gasteiger partial charge < -0.3 is 19.5 Å². The highest BCUT2D eigenvalue weighted by Gasteiger charge is 2.32. The Labute approximate surface area is 153 Å². The fourth-order valence-corrected chi connectivity index (χ4v) is 3.25. The van der Waals surface area contributed by atoms with Crippen LogP contribution in [0.1, 0.15) is 18.5 Å². The summed E-state index contributed by atoms with van der Waals surface area (Å²) in [5.74, 6) is 0.873. The van der Waals surface area contributed by atoms with E-state index in [-0.39, 0.29) is 28.7 Å². The van der Waals surface area contributed by atoms with Gasteiger partial charge in [0.2, 0.25) is 0 Å². The maximum atomic E-state index is 5.48. The molecule has 0 aromatic carbocycles. The summed E-state index contributed by atoms with van der Waals surface area (Å²) in [7, 11) is 3.80. The van der Waals surface area contributed by atoms with Crippen LogP contribution >= 0.6 is 35.7 Å². The van der Waals surface area contributed by atoms with Crippen LogP contribution < -0.4 is 5.32 Å². The minimum atomic E-state index is 0. The number of guanidine groups is 1. The lowest BCUT2D eigenvalue weighted by molar-refractivity contribution is 0.0781. The summed E-state index contributed by atoms with van der Waals surface area (Å²) in [5, 5.41) is 7.42. The Bertz CT molecular complexity index is 450. The van der Waals surface area contributed by atoms with Gasteiger partial charge >= 0.3 is 0 Å². The van der Waals surface area contributed by atoms with E-state index in [1.54, 1.807) is 13.3 Å². The molecule has 1 aliphatic rings. The van der Waals surface area contributed by atoms with E-state index in [0.29, 0.717) is 6.54 Å². The topological polar surface area (TPSA) is 62.9 Å². The maximum absolute atomic E-state index is 5.48. The molecule has 8 heteroatoms. The molecule has 1 fully saturated rings. The second-order valence-corrected chi connectivity index (χ2v) is 6.52. The molecule has 1 aromatic rings. The Morgan fingerprint density at radius 1 is 1.50 bits per heavy atom. The van der Waals surface area contributed by atoms with Gasteiger partial charge in [-0.15, -0.1) is 24.0 Å². The fraction of sp³-hybridized carbons (Fsp3) is 0.714. The summed E-state index contributed by atoms with van der Waals surface area (Å²) < 4.78 is 10.6. The molecule has 0 aliphatic carbocycles. The molecule has 2 rings (SSSR count). The van der Waals surface area contributed by atoms with E-state index in [1.807, 2.05) is 29.8 Å². The number of hydrogen-bond donors (Lipinski definition) is 1.